The molecule has 0 saturated heterocycles. The van der Waals surface area contributed by atoms with Gasteiger partial charge < -0.3 is 4.90 Å². The molecule has 0 radical (unpaired) electrons. The van der Waals surface area contributed by atoms with Crippen LogP contribution in [0.2, 0.25) is 0 Å². The molecule has 0 N–H and O–H groups in total. The predicted molar refractivity (Wildman–Crippen MR) is 166 cm³/mol. The zero-order valence-corrected chi connectivity index (χ0v) is 25.9. The van der Waals surface area contributed by atoms with E-state index in [1.165, 1.54) is 82.3 Å². The van der Waals surface area contributed by atoms with Gasteiger partial charge in [0.2, 0.25) is 0 Å². The Morgan fingerprint density at radius 2 is 1.53 bits per heavy atom. The van der Waals surface area contributed by atoms with Crippen molar-refractivity contribution in [2.45, 2.75) is 124 Å². The zero-order valence-electron chi connectivity index (χ0n) is 25.9. The first-order chi connectivity index (χ1) is 18.0. The van der Waals surface area contributed by atoms with Gasteiger partial charge in [-0.2, -0.15) is 0 Å². The minimum atomic E-state index is 0.282. The Balaban J connectivity index is 1.73. The second kappa shape index (κ2) is 9.72. The average Bonchev–Trinajstić information content (AvgIpc) is 3.60. The van der Waals surface area contributed by atoms with Crippen molar-refractivity contribution >= 4 is 5.70 Å². The van der Waals surface area contributed by atoms with E-state index >= 15 is 0 Å². The van der Waals surface area contributed by atoms with Gasteiger partial charge in [0.05, 0.1) is 5.54 Å². The van der Waals surface area contributed by atoms with Crippen molar-refractivity contribution in [1.29, 1.82) is 0 Å². The molecule has 0 spiro atoms. The molecule has 1 fully saturated rings. The molecule has 2 aromatic carbocycles. The molecule has 2 aliphatic heterocycles. The lowest BCUT2D eigenvalue weighted by Gasteiger charge is -2.47. The summed E-state index contributed by atoms with van der Waals surface area (Å²) in [6.07, 6.45) is 8.74. The fourth-order valence-electron chi connectivity index (χ4n) is 8.26. The molecule has 1 aliphatic carbocycles. The van der Waals surface area contributed by atoms with Crippen LogP contribution >= 0.6 is 0 Å². The van der Waals surface area contributed by atoms with Gasteiger partial charge >= 0.3 is 0 Å². The van der Waals surface area contributed by atoms with Crippen LogP contribution in [0.4, 0.5) is 0 Å². The van der Waals surface area contributed by atoms with E-state index in [0.717, 1.165) is 6.54 Å². The molecule has 1 heteroatoms. The van der Waals surface area contributed by atoms with Crippen molar-refractivity contribution in [2.75, 3.05) is 6.54 Å². The molecular weight excluding hydrogens is 458 g/mol. The fourth-order valence-corrected chi connectivity index (χ4v) is 8.26. The van der Waals surface area contributed by atoms with Gasteiger partial charge in [-0.3, -0.25) is 0 Å². The lowest BCUT2D eigenvalue weighted by molar-refractivity contribution is 0.233. The van der Waals surface area contributed by atoms with Crippen LogP contribution in [-0.4, -0.2) is 17.0 Å². The summed E-state index contributed by atoms with van der Waals surface area (Å²) in [7, 11) is 0. The highest BCUT2D eigenvalue weighted by atomic mass is 15.3. The maximum absolute atomic E-state index is 2.81. The molecular formula is C37H51N. The second-order valence-corrected chi connectivity index (χ2v) is 13.3. The third-order valence-corrected chi connectivity index (χ3v) is 11.0. The van der Waals surface area contributed by atoms with E-state index in [0.29, 0.717) is 17.8 Å². The van der Waals surface area contributed by atoms with E-state index in [1.807, 2.05) is 0 Å². The lowest BCUT2D eigenvalue weighted by atomic mass is 9.73. The van der Waals surface area contributed by atoms with Crippen LogP contribution < -0.4 is 0 Å². The van der Waals surface area contributed by atoms with Gasteiger partial charge in [0, 0.05) is 23.2 Å². The Bertz CT molecular complexity index is 1310. The van der Waals surface area contributed by atoms with Crippen LogP contribution in [0.5, 0.6) is 0 Å². The summed E-state index contributed by atoms with van der Waals surface area (Å²) >= 11 is 0. The summed E-state index contributed by atoms with van der Waals surface area (Å²) in [5, 5.41) is 0. The van der Waals surface area contributed by atoms with Crippen LogP contribution in [0.1, 0.15) is 134 Å². The molecule has 204 valence electrons. The molecule has 5 rings (SSSR count). The van der Waals surface area contributed by atoms with E-state index in [4.69, 9.17) is 0 Å². The van der Waals surface area contributed by atoms with Crippen LogP contribution in [0.15, 0.2) is 47.6 Å². The highest BCUT2D eigenvalue weighted by molar-refractivity contribution is 5.84. The first-order valence-electron chi connectivity index (χ1n) is 15.5. The Labute approximate surface area is 233 Å². The lowest BCUT2D eigenvalue weighted by Crippen LogP contribution is -2.47. The Kier molecular flexibility index (Phi) is 6.98. The molecule has 4 atom stereocenters. The number of hydrogen-bond acceptors (Lipinski definition) is 1. The number of benzene rings is 2. The van der Waals surface area contributed by atoms with Gasteiger partial charge in [-0.25, -0.2) is 0 Å². The van der Waals surface area contributed by atoms with Crippen molar-refractivity contribution < 1.29 is 0 Å². The van der Waals surface area contributed by atoms with E-state index in [9.17, 15) is 0 Å². The molecule has 1 nitrogen and oxygen atoms in total. The molecule has 38 heavy (non-hydrogen) atoms. The van der Waals surface area contributed by atoms with E-state index in [2.05, 4.69) is 111 Å². The smallest absolute Gasteiger partial charge is 0.0510 e. The summed E-state index contributed by atoms with van der Waals surface area (Å²) in [6, 6.07) is 12.6. The maximum Gasteiger partial charge on any atom is 0.0510 e. The molecule has 0 aromatic heterocycles. The molecule has 3 unspecified atom stereocenters. The van der Waals surface area contributed by atoms with Gasteiger partial charge in [-0.05, 0) is 108 Å². The largest absolute Gasteiger partial charge is 0.360 e. The summed E-state index contributed by atoms with van der Waals surface area (Å²) in [4.78, 5) is 2.81. The van der Waals surface area contributed by atoms with Crippen LogP contribution in [0, 0.1) is 12.8 Å². The van der Waals surface area contributed by atoms with Gasteiger partial charge in [0.15, 0.2) is 0 Å². The monoisotopic (exact) mass is 509 g/mol. The van der Waals surface area contributed by atoms with Crippen molar-refractivity contribution in [3.05, 3.63) is 75.4 Å². The van der Waals surface area contributed by atoms with Crippen molar-refractivity contribution in [1.82, 2.24) is 4.90 Å². The number of aryl methyl sites for hydroxylation is 1. The van der Waals surface area contributed by atoms with Crippen molar-refractivity contribution in [3.63, 3.8) is 0 Å². The fraction of sp³-hybridized carbons (Fsp3) is 0.568. The summed E-state index contributed by atoms with van der Waals surface area (Å²) in [5.74, 6) is 1.78. The SMILES string of the molecule is CCCC(C)C(C)c1cc(-c2cc(C)c3c(c2)C2=C(C)C(C)=CCN2[C@]2(CC)CC32CC)cc(C(C)C)c1. The Morgan fingerprint density at radius 1 is 0.842 bits per heavy atom. The van der Waals surface area contributed by atoms with Crippen molar-refractivity contribution in [3.8, 4) is 11.1 Å². The molecule has 3 aliphatic rings. The summed E-state index contributed by atoms with van der Waals surface area (Å²) in [5.41, 5.74) is 15.4. The number of allylic oxidation sites excluding steroid dienone is 2. The minimum Gasteiger partial charge on any atom is -0.360 e. The third-order valence-electron chi connectivity index (χ3n) is 11.0. The first-order valence-corrected chi connectivity index (χ1v) is 15.5. The quantitative estimate of drug-likeness (QED) is 0.342. The second-order valence-electron chi connectivity index (χ2n) is 13.3. The van der Waals surface area contributed by atoms with Gasteiger partial charge in [-0.15, -0.1) is 0 Å². The number of nitrogens with zero attached hydrogens (tertiary/aromatic N) is 1. The predicted octanol–water partition coefficient (Wildman–Crippen LogP) is 10.5. The van der Waals surface area contributed by atoms with Gasteiger partial charge in [0.25, 0.3) is 0 Å². The Hall–Kier alpha value is -2.28. The third kappa shape index (κ3) is 3.86. The first kappa shape index (κ1) is 27.3. The molecule has 2 aromatic rings. The number of hydrogen-bond donors (Lipinski definition) is 0. The van der Waals surface area contributed by atoms with Crippen LogP contribution in [0.25, 0.3) is 16.8 Å². The zero-order chi connectivity index (χ0) is 27.6. The number of rotatable bonds is 8. The Morgan fingerprint density at radius 3 is 2.16 bits per heavy atom. The highest BCUT2D eigenvalue weighted by Crippen LogP contribution is 2.71. The maximum atomic E-state index is 2.81. The molecule has 2 heterocycles. The van der Waals surface area contributed by atoms with E-state index in [1.54, 1.807) is 5.56 Å². The standard InChI is InChI=1S/C37H51N/c1-11-14-24(6)27(9)30-18-29(23(4)5)19-32(20-30)31-17-26(8)34-33(21-31)35-28(10)25(7)15-16-38(35)37(13-3)22-36(34,37)12-2/h15,17-21,23-24,27H,11-14,16,22H2,1-10H3/t24?,27?,36?,37-/m1/s1. The van der Waals surface area contributed by atoms with Crippen molar-refractivity contribution in [2.24, 2.45) is 5.92 Å². The summed E-state index contributed by atoms with van der Waals surface area (Å²) < 4.78 is 0. The van der Waals surface area contributed by atoms with E-state index < -0.39 is 0 Å². The van der Waals surface area contributed by atoms with Crippen LogP contribution in [0.3, 0.4) is 0 Å². The molecule has 1 saturated carbocycles. The molecule has 0 amide bonds. The van der Waals surface area contributed by atoms with E-state index in [-0.39, 0.29) is 11.0 Å². The minimum absolute atomic E-state index is 0.282. The molecule has 0 bridgehead atoms. The topological polar surface area (TPSA) is 3.24 Å². The number of fused-ring (bicyclic) bond motifs is 6. The normalized spacial score (nSPS) is 25.6. The van der Waals surface area contributed by atoms with Gasteiger partial charge in [0.1, 0.15) is 0 Å². The highest BCUT2D eigenvalue weighted by Gasteiger charge is 2.72. The van der Waals surface area contributed by atoms with Gasteiger partial charge in [-0.1, -0.05) is 91.6 Å². The van der Waals surface area contributed by atoms with Crippen LogP contribution in [-0.2, 0) is 5.41 Å². The summed E-state index contributed by atoms with van der Waals surface area (Å²) in [6.45, 7) is 24.8. The average molecular weight is 510 g/mol.